The van der Waals surface area contributed by atoms with Crippen molar-refractivity contribution >= 4 is 0 Å². The molecule has 1 heteroatoms. The van der Waals surface area contributed by atoms with Gasteiger partial charge in [-0.3, -0.25) is 0 Å². The second kappa shape index (κ2) is 14.9. The Bertz CT molecular complexity index is 2690. The van der Waals surface area contributed by atoms with Crippen LogP contribution < -0.4 is 0 Å². The van der Waals surface area contributed by atoms with Crippen LogP contribution in [-0.4, -0.2) is 4.98 Å². The fraction of sp³-hybridized carbons (Fsp3) is 0. The molecular weight excluding hydrogens is 651 g/mol. The zero-order chi connectivity index (χ0) is 36.1. The highest BCUT2D eigenvalue weighted by Gasteiger charge is 2.12. The topological polar surface area (TPSA) is 12.9 Å². The number of aromatic nitrogens is 1. The summed E-state index contributed by atoms with van der Waals surface area (Å²) in [5.74, 6) is 0. The van der Waals surface area contributed by atoms with E-state index in [9.17, 15) is 0 Å². The van der Waals surface area contributed by atoms with E-state index in [1.807, 2.05) is 0 Å². The molecule has 8 aromatic carbocycles. The van der Waals surface area contributed by atoms with Crippen molar-refractivity contribution in [2.45, 2.75) is 0 Å². The third-order valence-corrected chi connectivity index (χ3v) is 10.1. The van der Waals surface area contributed by atoms with E-state index in [0.717, 1.165) is 33.6 Å². The molecule has 0 fully saturated rings. The van der Waals surface area contributed by atoms with E-state index in [0.29, 0.717) is 0 Å². The molecule has 0 atom stereocenters. The molecule has 1 aromatic heterocycles. The van der Waals surface area contributed by atoms with Crippen LogP contribution in [0.3, 0.4) is 0 Å². The minimum absolute atomic E-state index is 0.950. The van der Waals surface area contributed by atoms with Crippen LogP contribution in [0.25, 0.3) is 89.3 Å². The van der Waals surface area contributed by atoms with Crippen molar-refractivity contribution in [2.24, 2.45) is 0 Å². The third-order valence-electron chi connectivity index (χ3n) is 10.1. The monoisotopic (exact) mass is 687 g/mol. The Hall–Kier alpha value is -7.09. The minimum Gasteiger partial charge on any atom is -0.248 e. The van der Waals surface area contributed by atoms with Gasteiger partial charge in [0.1, 0.15) is 0 Å². The molecule has 0 aliphatic carbocycles. The van der Waals surface area contributed by atoms with Gasteiger partial charge in [-0.05, 0) is 109 Å². The molecule has 0 radical (unpaired) electrons. The van der Waals surface area contributed by atoms with Crippen molar-refractivity contribution in [1.82, 2.24) is 4.98 Å². The van der Waals surface area contributed by atoms with Gasteiger partial charge >= 0.3 is 0 Å². The van der Waals surface area contributed by atoms with Crippen LogP contribution in [0.1, 0.15) is 0 Å². The fourth-order valence-electron chi connectivity index (χ4n) is 7.23. The summed E-state index contributed by atoms with van der Waals surface area (Å²) in [6.45, 7) is 0. The first-order chi connectivity index (χ1) is 26.7. The second-order valence-corrected chi connectivity index (χ2v) is 13.6. The summed E-state index contributed by atoms with van der Waals surface area (Å²) in [5, 5.41) is 0. The van der Waals surface area contributed by atoms with E-state index in [4.69, 9.17) is 4.98 Å². The molecule has 0 aliphatic rings. The van der Waals surface area contributed by atoms with Gasteiger partial charge in [-0.2, -0.15) is 0 Å². The van der Waals surface area contributed by atoms with Crippen LogP contribution >= 0.6 is 0 Å². The minimum atomic E-state index is 0.950. The number of pyridine rings is 1. The number of rotatable bonds is 8. The van der Waals surface area contributed by atoms with Gasteiger partial charge in [-0.25, -0.2) is 4.98 Å². The molecule has 0 unspecified atom stereocenters. The molecule has 0 aliphatic heterocycles. The van der Waals surface area contributed by atoms with Crippen LogP contribution in [0.15, 0.2) is 224 Å². The van der Waals surface area contributed by atoms with Gasteiger partial charge < -0.3 is 0 Å². The van der Waals surface area contributed by atoms with Gasteiger partial charge in [0, 0.05) is 11.1 Å². The van der Waals surface area contributed by atoms with Gasteiger partial charge in [0.15, 0.2) is 0 Å². The molecule has 54 heavy (non-hydrogen) atoms. The van der Waals surface area contributed by atoms with Gasteiger partial charge in [-0.1, -0.05) is 182 Å². The predicted molar refractivity (Wildman–Crippen MR) is 228 cm³/mol. The molecule has 9 rings (SSSR count). The van der Waals surface area contributed by atoms with Crippen molar-refractivity contribution in [3.8, 4) is 89.3 Å². The summed E-state index contributed by atoms with van der Waals surface area (Å²) >= 11 is 0. The number of nitrogens with zero attached hydrogens (tertiary/aromatic N) is 1. The van der Waals surface area contributed by atoms with E-state index in [1.165, 1.54) is 55.6 Å². The van der Waals surface area contributed by atoms with Crippen molar-refractivity contribution < 1.29 is 0 Å². The maximum absolute atomic E-state index is 5.21. The first kappa shape index (κ1) is 32.8. The standard InChI is InChI=1S/C53H37N/c1-4-15-38(16-5-1)41-21-10-23-43(31-41)44-24-11-25-45(32-44)46-26-12-27-47(33-46)48-28-13-29-49(34-48)51-36-52(40-19-8-3-9-20-40)54-53(37-51)50-30-14-22-42(35-50)39-17-6-2-7-18-39/h1-37H. The average Bonchev–Trinajstić information content (AvgIpc) is 3.27. The van der Waals surface area contributed by atoms with Gasteiger partial charge in [-0.15, -0.1) is 0 Å². The van der Waals surface area contributed by atoms with E-state index in [-0.39, 0.29) is 0 Å². The van der Waals surface area contributed by atoms with Crippen LogP contribution in [0.4, 0.5) is 0 Å². The smallest absolute Gasteiger partial charge is 0.0715 e. The summed E-state index contributed by atoms with van der Waals surface area (Å²) < 4.78 is 0. The SMILES string of the molecule is c1ccc(-c2cccc(-c3cccc(-c4cccc(-c5cccc(-c6cc(-c7ccccc7)nc(-c7cccc(-c8ccccc8)c7)c6)c5)c4)c3)c2)cc1. The maximum atomic E-state index is 5.21. The van der Waals surface area contributed by atoms with Crippen LogP contribution in [0.5, 0.6) is 0 Å². The van der Waals surface area contributed by atoms with Gasteiger partial charge in [0.2, 0.25) is 0 Å². The lowest BCUT2D eigenvalue weighted by Crippen LogP contribution is -1.92. The molecule has 9 aromatic rings. The first-order valence-corrected chi connectivity index (χ1v) is 18.4. The third kappa shape index (κ3) is 7.04. The van der Waals surface area contributed by atoms with E-state index in [1.54, 1.807) is 0 Å². The molecular formula is C53H37N. The normalized spacial score (nSPS) is 11.0. The highest BCUT2D eigenvalue weighted by molar-refractivity contribution is 5.83. The number of hydrogen-bond donors (Lipinski definition) is 0. The summed E-state index contributed by atoms with van der Waals surface area (Å²) in [5.41, 5.74) is 18.3. The Morgan fingerprint density at radius 3 is 0.778 bits per heavy atom. The first-order valence-electron chi connectivity index (χ1n) is 18.4. The number of benzene rings is 8. The van der Waals surface area contributed by atoms with Crippen molar-refractivity contribution in [1.29, 1.82) is 0 Å². The van der Waals surface area contributed by atoms with Crippen LogP contribution in [0.2, 0.25) is 0 Å². The van der Waals surface area contributed by atoms with Crippen molar-refractivity contribution in [2.75, 3.05) is 0 Å². The lowest BCUT2D eigenvalue weighted by atomic mass is 9.93. The molecule has 0 spiro atoms. The highest BCUT2D eigenvalue weighted by atomic mass is 14.7. The molecule has 1 nitrogen and oxygen atoms in total. The Morgan fingerprint density at radius 1 is 0.167 bits per heavy atom. The van der Waals surface area contributed by atoms with Gasteiger partial charge in [0.25, 0.3) is 0 Å². The van der Waals surface area contributed by atoms with E-state index < -0.39 is 0 Å². The average molecular weight is 688 g/mol. The number of hydrogen-bond acceptors (Lipinski definition) is 1. The Labute approximate surface area is 317 Å². The molecule has 0 amide bonds. The lowest BCUT2D eigenvalue weighted by molar-refractivity contribution is 1.32. The van der Waals surface area contributed by atoms with Crippen LogP contribution in [0, 0.1) is 0 Å². The fourth-order valence-corrected chi connectivity index (χ4v) is 7.23. The maximum Gasteiger partial charge on any atom is 0.0715 e. The van der Waals surface area contributed by atoms with Crippen molar-refractivity contribution in [3.05, 3.63) is 224 Å². The molecule has 0 saturated heterocycles. The molecule has 0 N–H and O–H groups in total. The quantitative estimate of drug-likeness (QED) is 0.155. The summed E-state index contributed by atoms with van der Waals surface area (Å²) in [6, 6.07) is 80.1. The Morgan fingerprint density at radius 2 is 0.407 bits per heavy atom. The Kier molecular flexibility index (Phi) is 9.03. The lowest BCUT2D eigenvalue weighted by Gasteiger charge is -2.13. The van der Waals surface area contributed by atoms with Crippen LogP contribution in [-0.2, 0) is 0 Å². The van der Waals surface area contributed by atoms with E-state index in [2.05, 4.69) is 224 Å². The Balaban J connectivity index is 1.07. The molecule has 1 heterocycles. The zero-order valence-corrected chi connectivity index (χ0v) is 29.8. The predicted octanol–water partition coefficient (Wildman–Crippen LogP) is 14.4. The van der Waals surface area contributed by atoms with E-state index >= 15 is 0 Å². The molecule has 0 saturated carbocycles. The summed E-state index contributed by atoms with van der Waals surface area (Å²) in [4.78, 5) is 5.21. The highest BCUT2D eigenvalue weighted by Crippen LogP contribution is 2.36. The largest absolute Gasteiger partial charge is 0.248 e. The summed E-state index contributed by atoms with van der Waals surface area (Å²) in [6.07, 6.45) is 0. The molecule has 254 valence electrons. The van der Waals surface area contributed by atoms with Gasteiger partial charge in [0.05, 0.1) is 11.4 Å². The van der Waals surface area contributed by atoms with Crippen molar-refractivity contribution in [3.63, 3.8) is 0 Å². The second-order valence-electron chi connectivity index (χ2n) is 13.6. The zero-order valence-electron chi connectivity index (χ0n) is 29.8. The molecule has 0 bridgehead atoms. The summed E-state index contributed by atoms with van der Waals surface area (Å²) in [7, 11) is 0.